The second-order valence-corrected chi connectivity index (χ2v) is 2.66. The molecular weight excluding hydrogens is 220 g/mol. The summed E-state index contributed by atoms with van der Waals surface area (Å²) in [6.07, 6.45) is 1.38. The Morgan fingerprint density at radius 3 is 2.83 bits per heavy atom. The molecule has 0 aliphatic heterocycles. The van der Waals surface area contributed by atoms with Crippen molar-refractivity contribution in [1.82, 2.24) is 4.98 Å². The average molecular weight is 225 g/mol. The molecule has 60 valence electrons. The van der Waals surface area contributed by atoms with Crippen molar-refractivity contribution in [3.63, 3.8) is 0 Å². The Balaban J connectivity index is 2.94. The first-order chi connectivity index (χ1) is 5.77. The molecule has 0 atom stereocenters. The van der Waals surface area contributed by atoms with Crippen LogP contribution in [0, 0.1) is 11.3 Å². The zero-order valence-electron chi connectivity index (χ0n) is 6.12. The van der Waals surface area contributed by atoms with E-state index in [4.69, 9.17) is 5.26 Å². The van der Waals surface area contributed by atoms with Crippen molar-refractivity contribution in [2.75, 3.05) is 5.33 Å². The summed E-state index contributed by atoms with van der Waals surface area (Å²) in [6.45, 7) is 0. The number of ketones is 1. The summed E-state index contributed by atoms with van der Waals surface area (Å²) in [5.41, 5.74) is 0.840. The lowest BCUT2D eigenvalue weighted by Crippen LogP contribution is -2.02. The zero-order valence-corrected chi connectivity index (χ0v) is 7.71. The number of aromatic nitrogens is 1. The molecule has 0 aromatic carbocycles. The molecule has 0 N–H and O–H groups in total. The highest BCUT2D eigenvalue weighted by Gasteiger charge is 2.03. The summed E-state index contributed by atoms with van der Waals surface area (Å²) < 4.78 is 0. The molecule has 0 aliphatic rings. The molecule has 1 aromatic heterocycles. The molecule has 3 nitrogen and oxygen atoms in total. The van der Waals surface area contributed by atoms with Crippen LogP contribution in [0.2, 0.25) is 0 Å². The highest BCUT2D eigenvalue weighted by Crippen LogP contribution is 2.01. The lowest BCUT2D eigenvalue weighted by atomic mass is 10.2. The van der Waals surface area contributed by atoms with Crippen molar-refractivity contribution in [2.45, 2.75) is 0 Å². The average Bonchev–Trinajstić information content (AvgIpc) is 2.17. The third kappa shape index (κ3) is 1.89. The second kappa shape index (κ2) is 3.98. The highest BCUT2D eigenvalue weighted by atomic mass is 79.9. The summed E-state index contributed by atoms with van der Waals surface area (Å²) >= 11 is 3.03. The Kier molecular flexibility index (Phi) is 2.94. The summed E-state index contributed by atoms with van der Waals surface area (Å²) in [6, 6.07) is 5.04. The first kappa shape index (κ1) is 8.88. The van der Waals surface area contributed by atoms with Crippen LogP contribution in [0.5, 0.6) is 0 Å². The predicted octanol–water partition coefficient (Wildman–Crippen LogP) is 1.53. The van der Waals surface area contributed by atoms with Crippen LogP contribution in [0.25, 0.3) is 0 Å². The molecule has 0 amide bonds. The van der Waals surface area contributed by atoms with Crippen LogP contribution < -0.4 is 0 Å². The Morgan fingerprint density at radius 1 is 1.67 bits per heavy atom. The molecule has 1 aromatic rings. The fourth-order valence-electron chi connectivity index (χ4n) is 0.693. The number of rotatable bonds is 2. The fraction of sp³-hybridized carbons (Fsp3) is 0.125. The van der Waals surface area contributed by atoms with Crippen molar-refractivity contribution >= 4 is 21.7 Å². The normalized spacial score (nSPS) is 9.00. The van der Waals surface area contributed by atoms with E-state index in [0.717, 1.165) is 0 Å². The van der Waals surface area contributed by atoms with Gasteiger partial charge in [0.2, 0.25) is 0 Å². The number of nitrogens with zero attached hydrogens (tertiary/aromatic N) is 2. The smallest absolute Gasteiger partial charge is 0.191 e. The van der Waals surface area contributed by atoms with Crippen molar-refractivity contribution in [2.24, 2.45) is 0 Å². The summed E-state index contributed by atoms with van der Waals surface area (Å²) in [7, 11) is 0. The van der Waals surface area contributed by atoms with Gasteiger partial charge in [-0.2, -0.15) is 5.26 Å². The van der Waals surface area contributed by atoms with E-state index in [0.29, 0.717) is 11.3 Å². The molecule has 0 unspecified atom stereocenters. The van der Waals surface area contributed by atoms with Crippen LogP contribution in [0.3, 0.4) is 0 Å². The van der Waals surface area contributed by atoms with Gasteiger partial charge in [0.25, 0.3) is 0 Å². The van der Waals surface area contributed by atoms with E-state index in [9.17, 15) is 4.79 Å². The number of hydrogen-bond acceptors (Lipinski definition) is 3. The maximum atomic E-state index is 11.0. The Morgan fingerprint density at radius 2 is 2.42 bits per heavy atom. The number of carbonyl (C=O) groups excluding carboxylic acids is 1. The maximum Gasteiger partial charge on any atom is 0.191 e. The third-order valence-electron chi connectivity index (χ3n) is 1.30. The van der Waals surface area contributed by atoms with Gasteiger partial charge in [-0.05, 0) is 12.1 Å². The van der Waals surface area contributed by atoms with E-state index >= 15 is 0 Å². The van der Waals surface area contributed by atoms with Crippen LogP contribution in [0.4, 0.5) is 0 Å². The quantitative estimate of drug-likeness (QED) is 0.566. The topological polar surface area (TPSA) is 53.8 Å². The molecule has 0 aliphatic carbocycles. The van der Waals surface area contributed by atoms with Crippen molar-refractivity contribution in [3.8, 4) is 6.07 Å². The minimum atomic E-state index is -0.0838. The molecule has 0 bridgehead atoms. The van der Waals surface area contributed by atoms with Gasteiger partial charge in [0.1, 0.15) is 11.8 Å². The minimum Gasteiger partial charge on any atom is -0.291 e. The molecular formula is C8H5BrN2O. The number of hydrogen-bond donors (Lipinski definition) is 0. The number of nitriles is 1. The van der Waals surface area contributed by atoms with Crippen molar-refractivity contribution in [3.05, 3.63) is 29.6 Å². The summed E-state index contributed by atoms with van der Waals surface area (Å²) in [5, 5.41) is 8.70. The van der Waals surface area contributed by atoms with Gasteiger partial charge in [-0.1, -0.05) is 15.9 Å². The van der Waals surface area contributed by atoms with Crippen molar-refractivity contribution < 1.29 is 4.79 Å². The predicted molar refractivity (Wildman–Crippen MR) is 47.1 cm³/mol. The number of pyridine rings is 1. The SMILES string of the molecule is N#Cc1ccc(C(=O)CBr)nc1. The van der Waals surface area contributed by atoms with E-state index < -0.39 is 0 Å². The molecule has 1 heterocycles. The standard InChI is InChI=1S/C8H5BrN2O/c9-3-8(12)7-2-1-6(4-10)5-11-7/h1-2,5H,3H2. The summed E-state index contributed by atoms with van der Waals surface area (Å²) in [4.78, 5) is 14.8. The first-order valence-electron chi connectivity index (χ1n) is 3.23. The molecule has 12 heavy (non-hydrogen) atoms. The number of alkyl halides is 1. The molecule has 0 fully saturated rings. The lowest BCUT2D eigenvalue weighted by Gasteiger charge is -1.94. The Bertz CT molecular complexity index is 326. The number of Topliss-reactive ketones (excluding diaryl/α,β-unsaturated/α-hetero) is 1. The van der Waals surface area contributed by atoms with Crippen LogP contribution >= 0.6 is 15.9 Å². The Labute approximate surface area is 78.2 Å². The van der Waals surface area contributed by atoms with Crippen molar-refractivity contribution in [1.29, 1.82) is 5.26 Å². The summed E-state index contributed by atoms with van der Waals surface area (Å²) in [5.74, 6) is -0.0838. The van der Waals surface area contributed by atoms with Gasteiger partial charge in [-0.15, -0.1) is 0 Å². The molecule has 0 saturated heterocycles. The van der Waals surface area contributed by atoms with Gasteiger partial charge in [-0.3, -0.25) is 9.78 Å². The fourth-order valence-corrected chi connectivity index (χ4v) is 0.981. The van der Waals surface area contributed by atoms with Gasteiger partial charge in [-0.25, -0.2) is 0 Å². The highest BCUT2D eigenvalue weighted by molar-refractivity contribution is 9.09. The number of carbonyl (C=O) groups is 1. The van der Waals surface area contributed by atoms with Crippen LogP contribution in [-0.4, -0.2) is 16.1 Å². The van der Waals surface area contributed by atoms with E-state index in [1.54, 1.807) is 12.1 Å². The van der Waals surface area contributed by atoms with Gasteiger partial charge in [0.15, 0.2) is 5.78 Å². The minimum absolute atomic E-state index is 0.0838. The van der Waals surface area contributed by atoms with Gasteiger partial charge in [0.05, 0.1) is 10.9 Å². The maximum absolute atomic E-state index is 11.0. The van der Waals surface area contributed by atoms with Crippen LogP contribution in [0.15, 0.2) is 18.3 Å². The molecule has 4 heteroatoms. The third-order valence-corrected chi connectivity index (χ3v) is 1.81. The monoisotopic (exact) mass is 224 g/mol. The van der Waals surface area contributed by atoms with E-state index in [1.165, 1.54) is 6.20 Å². The van der Waals surface area contributed by atoms with E-state index in [-0.39, 0.29) is 11.1 Å². The van der Waals surface area contributed by atoms with Crippen LogP contribution in [-0.2, 0) is 0 Å². The number of halogens is 1. The van der Waals surface area contributed by atoms with Gasteiger partial charge in [0, 0.05) is 6.20 Å². The van der Waals surface area contributed by atoms with E-state index in [1.807, 2.05) is 6.07 Å². The largest absolute Gasteiger partial charge is 0.291 e. The zero-order chi connectivity index (χ0) is 8.97. The first-order valence-corrected chi connectivity index (χ1v) is 4.35. The van der Waals surface area contributed by atoms with E-state index in [2.05, 4.69) is 20.9 Å². The molecule has 0 saturated carbocycles. The van der Waals surface area contributed by atoms with Crippen LogP contribution in [0.1, 0.15) is 16.1 Å². The molecule has 1 rings (SSSR count). The van der Waals surface area contributed by atoms with Gasteiger partial charge < -0.3 is 0 Å². The Hall–Kier alpha value is -1.21. The second-order valence-electron chi connectivity index (χ2n) is 2.10. The molecule has 0 radical (unpaired) electrons. The van der Waals surface area contributed by atoms with Gasteiger partial charge >= 0.3 is 0 Å². The molecule has 0 spiro atoms. The lowest BCUT2D eigenvalue weighted by molar-refractivity contribution is 0.101.